The normalized spacial score (nSPS) is 11.1. The summed E-state index contributed by atoms with van der Waals surface area (Å²) in [7, 11) is 0. The highest BCUT2D eigenvalue weighted by Gasteiger charge is 2.05. The number of carbonyl (C=O) groups excluding carboxylic acids is 1. The van der Waals surface area contributed by atoms with Crippen molar-refractivity contribution in [1.82, 2.24) is 5.43 Å². The molecule has 0 bridgehead atoms. The highest BCUT2D eigenvalue weighted by molar-refractivity contribution is 6.03. The number of hydrazone groups is 1. The Balaban J connectivity index is 1.11. The van der Waals surface area contributed by atoms with E-state index in [4.69, 9.17) is 10.1 Å². The van der Waals surface area contributed by atoms with Gasteiger partial charge in [-0.3, -0.25) is 10.2 Å². The molecule has 0 fully saturated rings. The molecule has 8 heteroatoms. The quantitative estimate of drug-likeness (QED) is 0.0931. The van der Waals surface area contributed by atoms with Crippen LogP contribution >= 0.6 is 0 Å². The van der Waals surface area contributed by atoms with Crippen LogP contribution in [0.3, 0.4) is 0 Å². The molecule has 5 aromatic carbocycles. The predicted octanol–water partition coefficient (Wildman–Crippen LogP) is 6.41. The van der Waals surface area contributed by atoms with Crippen LogP contribution in [0.4, 0.5) is 0 Å². The van der Waals surface area contributed by atoms with Gasteiger partial charge in [0.25, 0.3) is 5.91 Å². The van der Waals surface area contributed by atoms with Crippen molar-refractivity contribution in [1.29, 1.82) is 5.41 Å². The summed E-state index contributed by atoms with van der Waals surface area (Å²) in [5, 5.41) is 31.8. The predicted molar refractivity (Wildman–Crippen MR) is 169 cm³/mol. The van der Waals surface area contributed by atoms with E-state index in [0.29, 0.717) is 11.3 Å². The average molecular weight is 569 g/mol. The SMILES string of the molecule is N=C(N=Cc1cccc(-c2cccc(O)c2)c1)c1ccc(OCC(=O)N/N=C/c2cccc(-c3cccc(O)c3)c2)cc1. The van der Waals surface area contributed by atoms with Crippen molar-refractivity contribution in [2.24, 2.45) is 10.1 Å². The number of amides is 1. The lowest BCUT2D eigenvalue weighted by Crippen LogP contribution is -2.24. The molecule has 0 aliphatic carbocycles. The maximum absolute atomic E-state index is 12.2. The van der Waals surface area contributed by atoms with Crippen LogP contribution in [-0.4, -0.2) is 41.0 Å². The molecule has 0 unspecified atom stereocenters. The molecule has 5 aromatic rings. The van der Waals surface area contributed by atoms with Gasteiger partial charge in [-0.25, -0.2) is 10.4 Å². The van der Waals surface area contributed by atoms with Crippen LogP contribution in [0.2, 0.25) is 0 Å². The number of benzene rings is 5. The van der Waals surface area contributed by atoms with Crippen molar-refractivity contribution in [3.05, 3.63) is 138 Å². The lowest BCUT2D eigenvalue weighted by atomic mass is 10.0. The van der Waals surface area contributed by atoms with Crippen molar-refractivity contribution in [2.75, 3.05) is 6.61 Å². The third-order valence-corrected chi connectivity index (χ3v) is 6.38. The topological polar surface area (TPSA) is 127 Å². The van der Waals surface area contributed by atoms with Crippen LogP contribution in [0.15, 0.2) is 131 Å². The van der Waals surface area contributed by atoms with Crippen LogP contribution in [-0.2, 0) is 4.79 Å². The minimum Gasteiger partial charge on any atom is -0.508 e. The van der Waals surface area contributed by atoms with Crippen molar-refractivity contribution in [3.63, 3.8) is 0 Å². The molecule has 0 atom stereocenters. The lowest BCUT2D eigenvalue weighted by molar-refractivity contribution is -0.123. The smallest absolute Gasteiger partial charge is 0.277 e. The lowest BCUT2D eigenvalue weighted by Gasteiger charge is -2.06. The van der Waals surface area contributed by atoms with Gasteiger partial charge in [0.2, 0.25) is 0 Å². The van der Waals surface area contributed by atoms with Gasteiger partial charge in [-0.15, -0.1) is 0 Å². The Bertz CT molecular complexity index is 1810. The third-order valence-electron chi connectivity index (χ3n) is 6.38. The Hall–Kier alpha value is -6.02. The van der Waals surface area contributed by atoms with Crippen molar-refractivity contribution in [2.45, 2.75) is 0 Å². The van der Waals surface area contributed by atoms with E-state index in [-0.39, 0.29) is 23.9 Å². The Labute approximate surface area is 248 Å². The van der Waals surface area contributed by atoms with Crippen molar-refractivity contribution >= 4 is 24.2 Å². The maximum atomic E-state index is 12.2. The minimum absolute atomic E-state index is 0.0783. The first-order valence-electron chi connectivity index (χ1n) is 13.4. The van der Waals surface area contributed by atoms with E-state index >= 15 is 0 Å². The first kappa shape index (κ1) is 28.5. The molecule has 0 spiro atoms. The fraction of sp³-hybridized carbons (Fsp3) is 0.0286. The van der Waals surface area contributed by atoms with Gasteiger partial charge in [0.1, 0.15) is 17.2 Å². The van der Waals surface area contributed by atoms with Gasteiger partial charge in [-0.2, -0.15) is 5.10 Å². The van der Waals surface area contributed by atoms with E-state index in [1.807, 2.05) is 60.7 Å². The van der Waals surface area contributed by atoms with Gasteiger partial charge < -0.3 is 14.9 Å². The number of amidine groups is 1. The van der Waals surface area contributed by atoms with Crippen LogP contribution in [0.25, 0.3) is 22.3 Å². The molecule has 4 N–H and O–H groups in total. The summed E-state index contributed by atoms with van der Waals surface area (Å²) in [5.41, 5.74) is 8.25. The fourth-order valence-electron chi connectivity index (χ4n) is 4.25. The van der Waals surface area contributed by atoms with Gasteiger partial charge in [-0.05, 0) is 94.0 Å². The Morgan fingerprint density at radius 2 is 1.21 bits per heavy atom. The largest absolute Gasteiger partial charge is 0.508 e. The van der Waals surface area contributed by atoms with Crippen LogP contribution in [0.5, 0.6) is 17.2 Å². The number of phenolic OH excluding ortho intramolecular Hbond substituents is 2. The number of phenols is 2. The number of ether oxygens (including phenoxy) is 1. The highest BCUT2D eigenvalue weighted by atomic mass is 16.5. The summed E-state index contributed by atoms with van der Waals surface area (Å²) < 4.78 is 5.55. The molecule has 0 aliphatic rings. The van der Waals surface area contributed by atoms with Crippen molar-refractivity contribution < 1.29 is 19.7 Å². The van der Waals surface area contributed by atoms with E-state index in [1.54, 1.807) is 66.9 Å². The number of hydrogen-bond acceptors (Lipinski definition) is 6. The summed E-state index contributed by atoms with van der Waals surface area (Å²) in [5.74, 6) is 0.515. The summed E-state index contributed by atoms with van der Waals surface area (Å²) in [6.07, 6.45) is 3.15. The highest BCUT2D eigenvalue weighted by Crippen LogP contribution is 2.25. The van der Waals surface area contributed by atoms with Gasteiger partial charge in [-0.1, -0.05) is 60.7 Å². The fourth-order valence-corrected chi connectivity index (χ4v) is 4.25. The molecule has 0 saturated heterocycles. The number of nitrogens with one attached hydrogen (secondary N) is 2. The van der Waals surface area contributed by atoms with Crippen molar-refractivity contribution in [3.8, 4) is 39.5 Å². The zero-order chi connectivity index (χ0) is 30.0. The number of rotatable bonds is 9. The first-order valence-corrected chi connectivity index (χ1v) is 13.4. The molecular weight excluding hydrogens is 540 g/mol. The molecule has 43 heavy (non-hydrogen) atoms. The molecule has 0 saturated carbocycles. The van der Waals surface area contributed by atoms with E-state index < -0.39 is 5.91 Å². The second kappa shape index (κ2) is 13.6. The van der Waals surface area contributed by atoms with Gasteiger partial charge in [0, 0.05) is 11.8 Å². The Morgan fingerprint density at radius 1 is 0.698 bits per heavy atom. The first-order chi connectivity index (χ1) is 20.9. The standard InChI is InChI=1S/C35H28N4O4/c36-35(37-21-24-5-1-7-27(17-24)29-9-3-11-31(40)19-29)26-13-15-33(16-14-26)43-23-34(42)39-38-22-25-6-2-8-28(18-25)30-10-4-12-32(41)20-30/h1-22,36,40-41H,23H2,(H,39,42)/b36-35?,37-21?,38-22+. The van der Waals surface area contributed by atoms with Crippen LogP contribution < -0.4 is 10.2 Å². The van der Waals surface area contributed by atoms with Gasteiger partial charge in [0.15, 0.2) is 12.4 Å². The molecular formula is C35H28N4O4. The molecule has 0 aromatic heterocycles. The minimum atomic E-state index is -0.422. The number of aromatic hydroxyl groups is 2. The zero-order valence-corrected chi connectivity index (χ0v) is 23.0. The molecule has 0 heterocycles. The van der Waals surface area contributed by atoms with E-state index in [9.17, 15) is 15.0 Å². The molecule has 5 rings (SSSR count). The van der Waals surface area contributed by atoms with E-state index in [0.717, 1.165) is 33.4 Å². The second-order valence-corrected chi connectivity index (χ2v) is 9.56. The number of carbonyl (C=O) groups is 1. The summed E-state index contributed by atoms with van der Waals surface area (Å²) in [6.45, 7) is -0.231. The monoisotopic (exact) mass is 568 g/mol. The van der Waals surface area contributed by atoms with Crippen LogP contribution in [0, 0.1) is 5.41 Å². The molecule has 212 valence electrons. The van der Waals surface area contributed by atoms with E-state index in [2.05, 4.69) is 15.5 Å². The van der Waals surface area contributed by atoms with Gasteiger partial charge >= 0.3 is 0 Å². The maximum Gasteiger partial charge on any atom is 0.277 e. The zero-order valence-electron chi connectivity index (χ0n) is 23.0. The summed E-state index contributed by atoms with van der Waals surface area (Å²) in [4.78, 5) is 16.5. The van der Waals surface area contributed by atoms with Crippen LogP contribution in [0.1, 0.15) is 16.7 Å². The molecule has 0 aliphatic heterocycles. The van der Waals surface area contributed by atoms with Gasteiger partial charge in [0.05, 0.1) is 6.21 Å². The number of hydrogen-bond donors (Lipinski definition) is 4. The van der Waals surface area contributed by atoms with E-state index in [1.165, 1.54) is 6.21 Å². The summed E-state index contributed by atoms with van der Waals surface area (Å²) >= 11 is 0. The number of nitrogens with zero attached hydrogens (tertiary/aromatic N) is 2. The molecule has 0 radical (unpaired) electrons. The molecule has 8 nitrogen and oxygen atoms in total. The molecule has 1 amide bonds. The average Bonchev–Trinajstić information content (AvgIpc) is 3.03. The Morgan fingerprint density at radius 3 is 1.77 bits per heavy atom. The number of aliphatic imine (C=N–C) groups is 1. The second-order valence-electron chi connectivity index (χ2n) is 9.56. The Kier molecular flexibility index (Phi) is 8.99. The third kappa shape index (κ3) is 8.02. The summed E-state index contributed by atoms with van der Waals surface area (Å²) in [6, 6.07) is 36.0.